The standard InChI is InChI=1S/C21H24N4O3S/c1-15-9-18(28-24-15)10-20(27)23-21(16-5-3-2-4-6-16)7-8-25(12-19(21)26)11-17-13-29-14-22-17/h2-6,9,13-14,19,26H,7-8,10-12H2,1H3,(H,23,27)/t19-,21+/m1/s1. The van der Waals surface area contributed by atoms with Gasteiger partial charge in [0, 0.05) is 31.1 Å². The molecular formula is C21H24N4O3S. The minimum atomic E-state index is -0.841. The van der Waals surface area contributed by atoms with Crippen LogP contribution in [0.15, 0.2) is 51.8 Å². The topological polar surface area (TPSA) is 91.5 Å². The van der Waals surface area contributed by atoms with E-state index < -0.39 is 11.6 Å². The molecule has 3 heterocycles. The van der Waals surface area contributed by atoms with Crippen LogP contribution in [-0.2, 0) is 23.3 Å². The molecule has 1 amide bonds. The Morgan fingerprint density at radius 3 is 2.90 bits per heavy atom. The van der Waals surface area contributed by atoms with Crippen molar-refractivity contribution in [1.82, 2.24) is 20.4 Å². The number of aryl methyl sites for hydroxylation is 1. The van der Waals surface area contributed by atoms with Crippen molar-refractivity contribution in [3.05, 3.63) is 70.0 Å². The Morgan fingerprint density at radius 2 is 2.24 bits per heavy atom. The van der Waals surface area contributed by atoms with E-state index in [4.69, 9.17) is 4.52 Å². The first-order chi connectivity index (χ1) is 14.0. The lowest BCUT2D eigenvalue weighted by Gasteiger charge is -2.46. The van der Waals surface area contributed by atoms with E-state index in [1.807, 2.05) is 48.1 Å². The number of aliphatic hydroxyl groups excluding tert-OH is 1. The van der Waals surface area contributed by atoms with Crippen molar-refractivity contribution >= 4 is 17.2 Å². The van der Waals surface area contributed by atoms with Crippen molar-refractivity contribution in [2.24, 2.45) is 0 Å². The van der Waals surface area contributed by atoms with Crippen molar-refractivity contribution in [3.63, 3.8) is 0 Å². The summed E-state index contributed by atoms with van der Waals surface area (Å²) in [6, 6.07) is 11.5. The zero-order valence-electron chi connectivity index (χ0n) is 16.2. The average molecular weight is 413 g/mol. The molecule has 0 unspecified atom stereocenters. The Kier molecular flexibility index (Phi) is 5.75. The van der Waals surface area contributed by atoms with Gasteiger partial charge in [-0.05, 0) is 18.9 Å². The Balaban J connectivity index is 1.53. The van der Waals surface area contributed by atoms with E-state index in [-0.39, 0.29) is 12.3 Å². The highest BCUT2D eigenvalue weighted by Gasteiger charge is 2.45. The van der Waals surface area contributed by atoms with E-state index in [0.717, 1.165) is 23.5 Å². The van der Waals surface area contributed by atoms with E-state index in [2.05, 4.69) is 20.4 Å². The van der Waals surface area contributed by atoms with Gasteiger partial charge in [-0.15, -0.1) is 11.3 Å². The first-order valence-corrected chi connectivity index (χ1v) is 10.6. The van der Waals surface area contributed by atoms with E-state index in [9.17, 15) is 9.90 Å². The Bertz CT molecular complexity index is 944. The van der Waals surface area contributed by atoms with Gasteiger partial charge in [-0.3, -0.25) is 9.69 Å². The molecule has 152 valence electrons. The molecule has 8 heteroatoms. The third kappa shape index (κ3) is 4.39. The fourth-order valence-electron chi connectivity index (χ4n) is 3.92. The number of hydrogen-bond acceptors (Lipinski definition) is 7. The van der Waals surface area contributed by atoms with Crippen molar-refractivity contribution < 1.29 is 14.4 Å². The molecule has 3 aromatic rings. The summed E-state index contributed by atoms with van der Waals surface area (Å²) in [5.74, 6) is 0.315. The molecule has 2 N–H and O–H groups in total. The van der Waals surface area contributed by atoms with Gasteiger partial charge >= 0.3 is 0 Å². The van der Waals surface area contributed by atoms with Crippen LogP contribution in [0.2, 0.25) is 0 Å². The van der Waals surface area contributed by atoms with Crippen molar-refractivity contribution in [2.45, 2.75) is 38.0 Å². The van der Waals surface area contributed by atoms with E-state index in [0.29, 0.717) is 25.3 Å². The molecule has 2 aromatic heterocycles. The van der Waals surface area contributed by atoms with Gasteiger partial charge in [0.2, 0.25) is 5.91 Å². The highest BCUT2D eigenvalue weighted by Crippen LogP contribution is 2.34. The molecular weight excluding hydrogens is 388 g/mol. The third-order valence-electron chi connectivity index (χ3n) is 5.35. The number of nitrogens with one attached hydrogen (secondary N) is 1. The van der Waals surface area contributed by atoms with Crippen LogP contribution in [0.5, 0.6) is 0 Å². The third-order valence-corrected chi connectivity index (χ3v) is 5.99. The minimum absolute atomic E-state index is 0.0880. The molecule has 0 saturated carbocycles. The number of amides is 1. The van der Waals surface area contributed by atoms with Gasteiger partial charge in [-0.2, -0.15) is 0 Å². The lowest BCUT2D eigenvalue weighted by Crippen LogP contribution is -2.62. The molecule has 1 saturated heterocycles. The summed E-state index contributed by atoms with van der Waals surface area (Å²) in [5, 5.41) is 20.2. The number of thiazole rings is 1. The largest absolute Gasteiger partial charge is 0.389 e. The summed E-state index contributed by atoms with van der Waals surface area (Å²) < 4.78 is 5.18. The van der Waals surface area contributed by atoms with Gasteiger partial charge in [0.05, 0.1) is 35.0 Å². The van der Waals surface area contributed by atoms with Gasteiger partial charge in [0.15, 0.2) is 0 Å². The van der Waals surface area contributed by atoms with Gasteiger partial charge in [-0.1, -0.05) is 35.5 Å². The second-order valence-corrected chi connectivity index (χ2v) is 8.20. The molecule has 0 radical (unpaired) electrons. The van der Waals surface area contributed by atoms with Crippen LogP contribution in [0.3, 0.4) is 0 Å². The number of hydrogen-bond donors (Lipinski definition) is 2. The summed E-state index contributed by atoms with van der Waals surface area (Å²) >= 11 is 1.57. The predicted molar refractivity (Wildman–Crippen MR) is 109 cm³/mol. The number of aromatic nitrogens is 2. The minimum Gasteiger partial charge on any atom is -0.389 e. The van der Waals surface area contributed by atoms with Crippen molar-refractivity contribution in [2.75, 3.05) is 13.1 Å². The molecule has 2 atom stereocenters. The monoisotopic (exact) mass is 412 g/mol. The molecule has 0 spiro atoms. The molecule has 1 aliphatic heterocycles. The highest BCUT2D eigenvalue weighted by atomic mass is 32.1. The lowest BCUT2D eigenvalue weighted by molar-refractivity contribution is -0.126. The van der Waals surface area contributed by atoms with Gasteiger partial charge < -0.3 is 14.9 Å². The summed E-state index contributed by atoms with van der Waals surface area (Å²) in [6.45, 7) is 3.70. The van der Waals surface area contributed by atoms with Crippen LogP contribution in [0.1, 0.15) is 29.1 Å². The number of benzene rings is 1. The second kappa shape index (κ2) is 8.44. The molecule has 1 fully saturated rings. The summed E-state index contributed by atoms with van der Waals surface area (Å²) in [4.78, 5) is 19.3. The normalized spacial score (nSPS) is 22.5. The van der Waals surface area contributed by atoms with Gasteiger partial charge in [-0.25, -0.2) is 4.98 Å². The fraction of sp³-hybridized carbons (Fsp3) is 0.381. The quantitative estimate of drug-likeness (QED) is 0.645. The Hall–Kier alpha value is -2.55. The maximum Gasteiger partial charge on any atom is 0.228 e. The average Bonchev–Trinajstić information content (AvgIpc) is 3.36. The molecule has 0 bridgehead atoms. The molecule has 29 heavy (non-hydrogen) atoms. The van der Waals surface area contributed by atoms with Crippen LogP contribution in [0.25, 0.3) is 0 Å². The Labute approximate surface area is 173 Å². The Morgan fingerprint density at radius 1 is 1.41 bits per heavy atom. The predicted octanol–water partition coefficient (Wildman–Crippen LogP) is 2.26. The first kappa shape index (κ1) is 19.8. The molecule has 7 nitrogen and oxygen atoms in total. The smallest absolute Gasteiger partial charge is 0.228 e. The zero-order valence-corrected chi connectivity index (χ0v) is 17.1. The SMILES string of the molecule is Cc1cc(CC(=O)N[C@]2(c3ccccc3)CCN(Cc3cscn3)C[C@H]2O)on1. The number of nitrogens with zero attached hydrogens (tertiary/aromatic N) is 3. The van der Waals surface area contributed by atoms with E-state index in [1.165, 1.54) is 0 Å². The number of piperidine rings is 1. The molecule has 0 aliphatic carbocycles. The van der Waals surface area contributed by atoms with Crippen LogP contribution in [-0.4, -0.2) is 45.2 Å². The zero-order chi connectivity index (χ0) is 20.3. The van der Waals surface area contributed by atoms with Crippen LogP contribution in [0, 0.1) is 6.92 Å². The maximum atomic E-state index is 12.8. The first-order valence-electron chi connectivity index (χ1n) is 9.61. The number of carbonyl (C=O) groups excluding carboxylic acids is 1. The van der Waals surface area contributed by atoms with Gasteiger partial charge in [0.25, 0.3) is 0 Å². The summed E-state index contributed by atoms with van der Waals surface area (Å²) in [5.41, 5.74) is 3.62. The summed E-state index contributed by atoms with van der Waals surface area (Å²) in [6.07, 6.45) is -0.0635. The molecule has 1 aromatic carbocycles. The van der Waals surface area contributed by atoms with Crippen LogP contribution >= 0.6 is 11.3 Å². The maximum absolute atomic E-state index is 12.8. The van der Waals surface area contributed by atoms with Crippen molar-refractivity contribution in [1.29, 1.82) is 0 Å². The van der Waals surface area contributed by atoms with E-state index in [1.54, 1.807) is 17.4 Å². The number of carbonyl (C=O) groups is 1. The van der Waals surface area contributed by atoms with Gasteiger partial charge in [0.1, 0.15) is 5.76 Å². The number of rotatable bonds is 6. The lowest BCUT2D eigenvalue weighted by atomic mass is 9.78. The highest BCUT2D eigenvalue weighted by molar-refractivity contribution is 7.07. The number of β-amino-alcohol motifs (C(OH)–C–C–N with tert-alkyl or cyclic N) is 1. The van der Waals surface area contributed by atoms with E-state index >= 15 is 0 Å². The van der Waals surface area contributed by atoms with Crippen LogP contribution < -0.4 is 5.32 Å². The summed E-state index contributed by atoms with van der Waals surface area (Å²) in [7, 11) is 0. The van der Waals surface area contributed by atoms with Crippen LogP contribution in [0.4, 0.5) is 0 Å². The molecule has 4 rings (SSSR count). The second-order valence-electron chi connectivity index (χ2n) is 7.48. The fourth-order valence-corrected chi connectivity index (χ4v) is 4.47. The number of likely N-dealkylation sites (tertiary alicyclic amines) is 1. The number of aliphatic hydroxyl groups is 1. The van der Waals surface area contributed by atoms with Crippen molar-refractivity contribution in [3.8, 4) is 0 Å². The molecule has 1 aliphatic rings.